The van der Waals surface area contributed by atoms with Crippen LogP contribution in [0.4, 0.5) is 19.0 Å². The number of nitrogens with zero attached hydrogens (tertiary/aromatic N) is 6. The van der Waals surface area contributed by atoms with E-state index in [2.05, 4.69) is 25.4 Å². The predicted molar refractivity (Wildman–Crippen MR) is 122 cm³/mol. The van der Waals surface area contributed by atoms with Gasteiger partial charge in [0.15, 0.2) is 0 Å². The molecule has 4 heterocycles. The molecule has 35 heavy (non-hydrogen) atoms. The summed E-state index contributed by atoms with van der Waals surface area (Å²) in [6, 6.07) is 7.34. The number of carbonyl (C=O) groups excluding carboxylic acids is 1. The zero-order valence-electron chi connectivity index (χ0n) is 19.3. The van der Waals surface area contributed by atoms with Crippen LogP contribution < -0.4 is 4.90 Å². The van der Waals surface area contributed by atoms with Crippen LogP contribution in [0.2, 0.25) is 0 Å². The topological polar surface area (TPSA) is 92.6 Å². The number of alkyl halides is 3. The van der Waals surface area contributed by atoms with Gasteiger partial charge in [0, 0.05) is 19.0 Å². The Morgan fingerprint density at radius 3 is 2.69 bits per heavy atom. The highest BCUT2D eigenvalue weighted by Gasteiger charge is 2.40. The number of aromatic nitrogens is 6. The third kappa shape index (κ3) is 4.07. The Labute approximate surface area is 198 Å². The van der Waals surface area contributed by atoms with Crippen molar-refractivity contribution in [3.8, 4) is 11.4 Å². The molecule has 1 aromatic carbocycles. The van der Waals surface area contributed by atoms with Crippen molar-refractivity contribution in [2.75, 3.05) is 4.90 Å². The zero-order chi connectivity index (χ0) is 24.9. The minimum absolute atomic E-state index is 0.0348. The Morgan fingerprint density at radius 2 is 2.03 bits per heavy atom. The van der Waals surface area contributed by atoms with Gasteiger partial charge in [-0.1, -0.05) is 13.0 Å². The second kappa shape index (κ2) is 8.33. The molecule has 1 aliphatic heterocycles. The average molecular weight is 481 g/mol. The van der Waals surface area contributed by atoms with E-state index in [-0.39, 0.29) is 29.4 Å². The van der Waals surface area contributed by atoms with E-state index in [1.54, 1.807) is 18.6 Å². The number of hydrogen-bond donors (Lipinski definition) is 1. The average Bonchev–Trinajstić information content (AvgIpc) is 3.52. The number of nitrogens with one attached hydrogen (secondary N) is 1. The van der Waals surface area contributed by atoms with Gasteiger partial charge in [-0.25, -0.2) is 4.98 Å². The lowest BCUT2D eigenvalue weighted by molar-refractivity contribution is -0.138. The summed E-state index contributed by atoms with van der Waals surface area (Å²) in [7, 11) is 1.86. The molecule has 0 fully saturated rings. The number of H-pyrrole nitrogens is 1. The van der Waals surface area contributed by atoms with Crippen molar-refractivity contribution in [2.45, 2.75) is 38.9 Å². The summed E-state index contributed by atoms with van der Waals surface area (Å²) in [6.07, 6.45) is -0.690. The minimum Gasteiger partial charge on any atom is -0.321 e. The number of hydrogen-bond acceptors (Lipinski definition) is 5. The number of rotatable bonds is 5. The number of benzene rings is 1. The van der Waals surface area contributed by atoms with Crippen molar-refractivity contribution in [1.29, 1.82) is 0 Å². The van der Waals surface area contributed by atoms with E-state index in [4.69, 9.17) is 0 Å². The molecule has 4 aromatic rings. The molecule has 0 saturated heterocycles. The molecule has 5 rings (SSSR count). The zero-order valence-corrected chi connectivity index (χ0v) is 19.3. The molecule has 1 atom stereocenters. The van der Waals surface area contributed by atoms with Crippen molar-refractivity contribution in [3.63, 3.8) is 0 Å². The molecule has 0 radical (unpaired) electrons. The standard InChI is InChI=1S/C24H22F3N7O/c1-13(7-21-31-29-12-33(21)3)15-8-19(22-14(2)10-28-32-22)30-20(9-15)34-11-17-16(23(34)35)5-4-6-18(17)24(25,26)27/h4-6,8-10,12-13H,7,11H2,1-3H3,(H,28,32). The SMILES string of the molecule is Cc1cn[nH]c1-c1cc(C(C)Cc2nncn2C)cc(N2Cc3c(cccc3C(F)(F)F)C2=O)n1. The molecule has 11 heteroatoms. The van der Waals surface area contributed by atoms with Crippen LogP contribution in [-0.4, -0.2) is 35.9 Å². The Morgan fingerprint density at radius 1 is 1.23 bits per heavy atom. The normalized spacial score (nSPS) is 14.5. The molecule has 1 unspecified atom stereocenters. The first-order valence-electron chi connectivity index (χ1n) is 11.0. The largest absolute Gasteiger partial charge is 0.416 e. The van der Waals surface area contributed by atoms with Gasteiger partial charge in [0.05, 0.1) is 29.7 Å². The molecular weight excluding hydrogens is 459 g/mol. The Balaban J connectivity index is 1.58. The number of aryl methyl sites for hydroxylation is 2. The fraction of sp³-hybridized carbons (Fsp3) is 0.292. The number of aromatic amines is 1. The van der Waals surface area contributed by atoms with Gasteiger partial charge in [0.2, 0.25) is 0 Å². The molecule has 1 amide bonds. The van der Waals surface area contributed by atoms with Gasteiger partial charge in [-0.15, -0.1) is 10.2 Å². The summed E-state index contributed by atoms with van der Waals surface area (Å²) in [4.78, 5) is 19.2. The third-order valence-electron chi connectivity index (χ3n) is 6.33. The van der Waals surface area contributed by atoms with E-state index >= 15 is 0 Å². The van der Waals surface area contributed by atoms with E-state index in [1.807, 2.05) is 31.5 Å². The van der Waals surface area contributed by atoms with Crippen LogP contribution in [0, 0.1) is 6.92 Å². The van der Waals surface area contributed by atoms with Crippen LogP contribution in [0.3, 0.4) is 0 Å². The molecule has 8 nitrogen and oxygen atoms in total. The smallest absolute Gasteiger partial charge is 0.321 e. The minimum atomic E-state index is -4.56. The Hall–Kier alpha value is -4.02. The molecule has 0 bridgehead atoms. The molecule has 3 aromatic heterocycles. The molecule has 0 saturated carbocycles. The van der Waals surface area contributed by atoms with Crippen LogP contribution in [0.5, 0.6) is 0 Å². The third-order valence-corrected chi connectivity index (χ3v) is 6.33. The van der Waals surface area contributed by atoms with Crippen molar-refractivity contribution in [2.24, 2.45) is 7.05 Å². The van der Waals surface area contributed by atoms with Crippen molar-refractivity contribution >= 4 is 11.7 Å². The highest BCUT2D eigenvalue weighted by molar-refractivity contribution is 6.10. The van der Waals surface area contributed by atoms with Crippen LogP contribution in [0.25, 0.3) is 11.4 Å². The van der Waals surface area contributed by atoms with Gasteiger partial charge in [-0.05, 0) is 53.8 Å². The quantitative estimate of drug-likeness (QED) is 0.455. The van der Waals surface area contributed by atoms with Crippen LogP contribution in [-0.2, 0) is 26.2 Å². The van der Waals surface area contributed by atoms with Crippen molar-refractivity contribution < 1.29 is 18.0 Å². The second-order valence-electron chi connectivity index (χ2n) is 8.76. The summed E-state index contributed by atoms with van der Waals surface area (Å²) in [6.45, 7) is 3.68. The van der Waals surface area contributed by atoms with Crippen LogP contribution in [0.1, 0.15) is 51.3 Å². The number of fused-ring (bicyclic) bond motifs is 1. The lowest BCUT2D eigenvalue weighted by Gasteiger charge is -2.20. The maximum atomic E-state index is 13.6. The summed E-state index contributed by atoms with van der Waals surface area (Å²) in [5.74, 6) is 0.525. The monoisotopic (exact) mass is 481 g/mol. The number of carbonyl (C=O) groups is 1. The van der Waals surface area contributed by atoms with Crippen LogP contribution >= 0.6 is 0 Å². The summed E-state index contributed by atoms with van der Waals surface area (Å²) < 4.78 is 42.7. The lowest BCUT2D eigenvalue weighted by Crippen LogP contribution is -2.24. The van der Waals surface area contributed by atoms with Crippen LogP contribution in [0.15, 0.2) is 42.9 Å². The lowest BCUT2D eigenvalue weighted by atomic mass is 9.96. The van der Waals surface area contributed by atoms with E-state index < -0.39 is 17.6 Å². The predicted octanol–water partition coefficient (Wildman–Crippen LogP) is 4.43. The second-order valence-corrected chi connectivity index (χ2v) is 8.76. The molecular formula is C24H22F3N7O. The molecule has 1 N–H and O–H groups in total. The molecule has 0 aliphatic carbocycles. The molecule has 0 spiro atoms. The van der Waals surface area contributed by atoms with Crippen molar-refractivity contribution in [1.82, 2.24) is 29.9 Å². The highest BCUT2D eigenvalue weighted by atomic mass is 19.4. The Bertz CT molecular complexity index is 1420. The highest BCUT2D eigenvalue weighted by Crippen LogP contribution is 2.39. The molecule has 180 valence electrons. The summed E-state index contributed by atoms with van der Waals surface area (Å²) in [5.41, 5.74) is 2.15. The fourth-order valence-corrected chi connectivity index (χ4v) is 4.36. The van der Waals surface area contributed by atoms with E-state index in [9.17, 15) is 18.0 Å². The van der Waals surface area contributed by atoms with Gasteiger partial charge in [-0.2, -0.15) is 18.3 Å². The first-order valence-corrected chi connectivity index (χ1v) is 11.0. The first kappa shape index (κ1) is 22.8. The molecule has 1 aliphatic rings. The maximum absolute atomic E-state index is 13.6. The summed E-state index contributed by atoms with van der Waals surface area (Å²) >= 11 is 0. The Kier molecular flexibility index (Phi) is 5.42. The number of pyridine rings is 1. The van der Waals surface area contributed by atoms with E-state index in [1.165, 1.54) is 17.0 Å². The number of anilines is 1. The fourth-order valence-electron chi connectivity index (χ4n) is 4.36. The number of halogens is 3. The van der Waals surface area contributed by atoms with Gasteiger partial charge in [0.1, 0.15) is 18.0 Å². The van der Waals surface area contributed by atoms with E-state index in [0.717, 1.165) is 23.0 Å². The van der Waals surface area contributed by atoms with Gasteiger partial charge >= 0.3 is 6.18 Å². The van der Waals surface area contributed by atoms with Crippen molar-refractivity contribution in [3.05, 3.63) is 76.5 Å². The van der Waals surface area contributed by atoms with Gasteiger partial charge in [0.25, 0.3) is 5.91 Å². The summed E-state index contributed by atoms with van der Waals surface area (Å²) in [5, 5.41) is 15.1. The van der Waals surface area contributed by atoms with Gasteiger partial charge < -0.3 is 4.57 Å². The van der Waals surface area contributed by atoms with E-state index in [0.29, 0.717) is 17.8 Å². The number of amides is 1. The van der Waals surface area contributed by atoms with Gasteiger partial charge in [-0.3, -0.25) is 14.8 Å². The first-order chi connectivity index (χ1) is 16.6. The maximum Gasteiger partial charge on any atom is 0.416 e.